The van der Waals surface area contributed by atoms with Crippen LogP contribution in [-0.2, 0) is 13.0 Å². The van der Waals surface area contributed by atoms with Crippen LogP contribution in [0, 0.1) is 0 Å². The van der Waals surface area contributed by atoms with Crippen molar-refractivity contribution >= 4 is 5.69 Å². The molecule has 0 saturated carbocycles. The zero-order valence-electron chi connectivity index (χ0n) is 12.0. The lowest BCUT2D eigenvalue weighted by Gasteiger charge is -2.12. The second kappa shape index (κ2) is 7.62. The van der Waals surface area contributed by atoms with E-state index in [1.165, 1.54) is 5.56 Å². The summed E-state index contributed by atoms with van der Waals surface area (Å²) in [5.74, 6) is 0.211. The number of benzene rings is 2. The molecule has 0 unspecified atom stereocenters. The molecule has 0 amide bonds. The standard InChI is InChI=1S/C17H19F2NO/c1-2-5-13-8-10-15(11-9-13)20-12-14-6-3-4-7-16(14)21-17(18)19/h3-4,6-11,17,20H,2,5,12H2,1H3. The van der Waals surface area contributed by atoms with Gasteiger partial charge < -0.3 is 10.1 Å². The minimum Gasteiger partial charge on any atom is -0.434 e. The normalized spacial score (nSPS) is 10.7. The summed E-state index contributed by atoms with van der Waals surface area (Å²) in [6, 6.07) is 15.0. The average molecular weight is 291 g/mol. The van der Waals surface area contributed by atoms with Gasteiger partial charge in [0.05, 0.1) is 0 Å². The van der Waals surface area contributed by atoms with E-state index in [1.54, 1.807) is 24.3 Å². The molecule has 2 rings (SSSR count). The Kier molecular flexibility index (Phi) is 5.55. The van der Waals surface area contributed by atoms with Crippen molar-refractivity contribution in [2.75, 3.05) is 5.32 Å². The van der Waals surface area contributed by atoms with Crippen molar-refractivity contribution in [3.63, 3.8) is 0 Å². The summed E-state index contributed by atoms with van der Waals surface area (Å²) in [5, 5.41) is 3.22. The highest BCUT2D eigenvalue weighted by Crippen LogP contribution is 2.21. The van der Waals surface area contributed by atoms with Crippen molar-refractivity contribution in [3.05, 3.63) is 59.7 Å². The van der Waals surface area contributed by atoms with Gasteiger partial charge in [0.25, 0.3) is 0 Å². The van der Waals surface area contributed by atoms with Gasteiger partial charge in [0.2, 0.25) is 0 Å². The van der Waals surface area contributed by atoms with Crippen LogP contribution in [0.5, 0.6) is 5.75 Å². The Morgan fingerprint density at radius 1 is 1.05 bits per heavy atom. The summed E-state index contributed by atoms with van der Waals surface area (Å²) in [7, 11) is 0. The van der Waals surface area contributed by atoms with Crippen molar-refractivity contribution in [2.24, 2.45) is 0 Å². The maximum atomic E-state index is 12.3. The fourth-order valence-electron chi connectivity index (χ4n) is 2.14. The topological polar surface area (TPSA) is 21.3 Å². The number of ether oxygens (including phenoxy) is 1. The zero-order chi connectivity index (χ0) is 15.1. The number of aryl methyl sites for hydroxylation is 1. The Bertz CT molecular complexity index is 555. The van der Waals surface area contributed by atoms with E-state index in [4.69, 9.17) is 0 Å². The summed E-state index contributed by atoms with van der Waals surface area (Å²) < 4.78 is 29.2. The fourth-order valence-corrected chi connectivity index (χ4v) is 2.14. The number of rotatable bonds is 7. The van der Waals surface area contributed by atoms with E-state index in [2.05, 4.69) is 29.1 Å². The highest BCUT2D eigenvalue weighted by atomic mass is 19.3. The molecule has 1 N–H and O–H groups in total. The monoisotopic (exact) mass is 291 g/mol. The van der Waals surface area contributed by atoms with Crippen LogP contribution in [0.3, 0.4) is 0 Å². The van der Waals surface area contributed by atoms with Crippen LogP contribution in [0.1, 0.15) is 24.5 Å². The lowest BCUT2D eigenvalue weighted by molar-refractivity contribution is -0.0504. The number of nitrogens with one attached hydrogen (secondary N) is 1. The molecule has 2 aromatic rings. The van der Waals surface area contributed by atoms with Crippen LogP contribution in [0.15, 0.2) is 48.5 Å². The average Bonchev–Trinajstić information content (AvgIpc) is 2.48. The van der Waals surface area contributed by atoms with E-state index in [0.717, 1.165) is 18.5 Å². The van der Waals surface area contributed by atoms with E-state index in [0.29, 0.717) is 12.1 Å². The Labute approximate surface area is 123 Å². The molecular formula is C17H19F2NO. The summed E-state index contributed by atoms with van der Waals surface area (Å²) in [5.41, 5.74) is 2.96. The van der Waals surface area contributed by atoms with Gasteiger partial charge in [-0.15, -0.1) is 0 Å². The molecule has 2 nitrogen and oxygen atoms in total. The highest BCUT2D eigenvalue weighted by molar-refractivity contribution is 5.46. The quantitative estimate of drug-likeness (QED) is 0.787. The van der Waals surface area contributed by atoms with Gasteiger partial charge in [-0.1, -0.05) is 43.7 Å². The largest absolute Gasteiger partial charge is 0.434 e. The summed E-state index contributed by atoms with van der Waals surface area (Å²) >= 11 is 0. The predicted molar refractivity (Wildman–Crippen MR) is 80.8 cm³/mol. The van der Waals surface area contributed by atoms with E-state index in [-0.39, 0.29) is 5.75 Å². The molecule has 0 aromatic heterocycles. The third-order valence-corrected chi connectivity index (χ3v) is 3.16. The lowest BCUT2D eigenvalue weighted by Crippen LogP contribution is -2.07. The molecule has 2 aromatic carbocycles. The molecule has 112 valence electrons. The van der Waals surface area contributed by atoms with Crippen LogP contribution < -0.4 is 10.1 Å². The molecule has 0 aliphatic carbocycles. The highest BCUT2D eigenvalue weighted by Gasteiger charge is 2.08. The second-order valence-corrected chi connectivity index (χ2v) is 4.79. The lowest BCUT2D eigenvalue weighted by atomic mass is 10.1. The summed E-state index contributed by atoms with van der Waals surface area (Å²) in [6.45, 7) is -0.221. The maximum Gasteiger partial charge on any atom is 0.387 e. The summed E-state index contributed by atoms with van der Waals surface area (Å²) in [4.78, 5) is 0. The van der Waals surface area contributed by atoms with Crippen LogP contribution >= 0.6 is 0 Å². The molecule has 0 heterocycles. The molecular weight excluding hydrogens is 272 g/mol. The van der Waals surface area contributed by atoms with Crippen LogP contribution in [0.4, 0.5) is 14.5 Å². The fraction of sp³-hybridized carbons (Fsp3) is 0.294. The first kappa shape index (κ1) is 15.3. The van der Waals surface area contributed by atoms with Crippen molar-refractivity contribution in [1.29, 1.82) is 0 Å². The van der Waals surface area contributed by atoms with E-state index >= 15 is 0 Å². The van der Waals surface area contributed by atoms with Gasteiger partial charge in [0, 0.05) is 17.8 Å². The van der Waals surface area contributed by atoms with Crippen molar-refractivity contribution in [2.45, 2.75) is 32.9 Å². The van der Waals surface area contributed by atoms with E-state index < -0.39 is 6.61 Å². The van der Waals surface area contributed by atoms with E-state index in [1.807, 2.05) is 12.1 Å². The first-order valence-electron chi connectivity index (χ1n) is 7.04. The molecule has 0 aliphatic heterocycles. The summed E-state index contributed by atoms with van der Waals surface area (Å²) in [6.07, 6.45) is 2.18. The third-order valence-electron chi connectivity index (χ3n) is 3.16. The van der Waals surface area contributed by atoms with Gasteiger partial charge in [-0.25, -0.2) is 0 Å². The van der Waals surface area contributed by atoms with Gasteiger partial charge >= 0.3 is 6.61 Å². The second-order valence-electron chi connectivity index (χ2n) is 4.79. The minimum absolute atomic E-state index is 0.211. The van der Waals surface area contributed by atoms with Gasteiger partial charge in [-0.05, 0) is 30.2 Å². The number of para-hydroxylation sites is 1. The van der Waals surface area contributed by atoms with Gasteiger partial charge in [-0.3, -0.25) is 0 Å². The Morgan fingerprint density at radius 3 is 2.43 bits per heavy atom. The van der Waals surface area contributed by atoms with Crippen molar-refractivity contribution in [3.8, 4) is 5.75 Å². The SMILES string of the molecule is CCCc1ccc(NCc2ccccc2OC(F)F)cc1. The first-order chi connectivity index (χ1) is 10.2. The number of hydrogen-bond donors (Lipinski definition) is 1. The number of anilines is 1. The van der Waals surface area contributed by atoms with Crippen molar-refractivity contribution in [1.82, 2.24) is 0 Å². The number of halogens is 2. The zero-order valence-corrected chi connectivity index (χ0v) is 12.0. The molecule has 4 heteroatoms. The van der Waals surface area contributed by atoms with Gasteiger partial charge in [0.1, 0.15) is 5.75 Å². The van der Waals surface area contributed by atoms with Crippen molar-refractivity contribution < 1.29 is 13.5 Å². The molecule has 21 heavy (non-hydrogen) atoms. The third kappa shape index (κ3) is 4.74. The molecule has 0 fully saturated rings. The molecule has 0 bridgehead atoms. The predicted octanol–water partition coefficient (Wildman–Crippen LogP) is 4.85. The van der Waals surface area contributed by atoms with Crippen LogP contribution in [-0.4, -0.2) is 6.61 Å². The molecule has 0 saturated heterocycles. The van der Waals surface area contributed by atoms with E-state index in [9.17, 15) is 8.78 Å². The first-order valence-corrected chi connectivity index (χ1v) is 7.04. The Balaban J connectivity index is 1.99. The molecule has 0 atom stereocenters. The number of alkyl halides is 2. The molecule has 0 radical (unpaired) electrons. The van der Waals surface area contributed by atoms with Gasteiger partial charge in [0.15, 0.2) is 0 Å². The Morgan fingerprint density at radius 2 is 1.76 bits per heavy atom. The smallest absolute Gasteiger partial charge is 0.387 e. The molecule has 0 aliphatic rings. The van der Waals surface area contributed by atoms with Gasteiger partial charge in [-0.2, -0.15) is 8.78 Å². The van der Waals surface area contributed by atoms with Crippen LogP contribution in [0.2, 0.25) is 0 Å². The maximum absolute atomic E-state index is 12.3. The minimum atomic E-state index is -2.81. The Hall–Kier alpha value is -2.10. The van der Waals surface area contributed by atoms with Crippen LogP contribution in [0.25, 0.3) is 0 Å². The molecule has 0 spiro atoms. The number of hydrogen-bond acceptors (Lipinski definition) is 2.